The highest BCUT2D eigenvalue weighted by molar-refractivity contribution is 5.27. The number of aryl methyl sites for hydroxylation is 1. The standard InChI is InChI=1S/C16H20F4O/c1-10-6-7-12(17)8-11(10)9-15(21)13-4-2-3-5-14(13)16(18,19)20/h6-8,13-15,21H,2-5,9H2,1H3. The molecule has 0 radical (unpaired) electrons. The summed E-state index contributed by atoms with van der Waals surface area (Å²) >= 11 is 0. The molecule has 1 N–H and O–H groups in total. The molecule has 0 aromatic heterocycles. The van der Waals surface area contributed by atoms with E-state index in [1.807, 2.05) is 0 Å². The monoisotopic (exact) mass is 304 g/mol. The van der Waals surface area contributed by atoms with Gasteiger partial charge in [0.25, 0.3) is 0 Å². The minimum atomic E-state index is -4.27. The summed E-state index contributed by atoms with van der Waals surface area (Å²) in [4.78, 5) is 0. The average Bonchev–Trinajstić information content (AvgIpc) is 2.42. The third-order valence-corrected chi connectivity index (χ3v) is 4.47. The van der Waals surface area contributed by atoms with Gasteiger partial charge in [0.2, 0.25) is 0 Å². The van der Waals surface area contributed by atoms with Gasteiger partial charge in [-0.2, -0.15) is 13.2 Å². The first-order valence-corrected chi connectivity index (χ1v) is 7.29. The van der Waals surface area contributed by atoms with E-state index in [-0.39, 0.29) is 12.8 Å². The molecule has 1 aromatic carbocycles. The lowest BCUT2D eigenvalue weighted by atomic mass is 9.74. The van der Waals surface area contributed by atoms with Crippen LogP contribution < -0.4 is 0 Å². The van der Waals surface area contributed by atoms with Crippen LogP contribution in [0.25, 0.3) is 0 Å². The molecule has 0 aliphatic heterocycles. The number of aliphatic hydroxyl groups excluding tert-OH is 1. The minimum Gasteiger partial charge on any atom is -0.392 e. The van der Waals surface area contributed by atoms with Crippen molar-refractivity contribution >= 4 is 0 Å². The van der Waals surface area contributed by atoms with Crippen molar-refractivity contribution in [2.45, 2.75) is 51.3 Å². The molecule has 1 aromatic rings. The Labute approximate surface area is 122 Å². The van der Waals surface area contributed by atoms with Gasteiger partial charge in [-0.15, -0.1) is 0 Å². The molecule has 1 nitrogen and oxygen atoms in total. The number of hydrogen-bond donors (Lipinski definition) is 1. The maximum atomic E-state index is 13.2. The van der Waals surface area contributed by atoms with Gasteiger partial charge in [-0.1, -0.05) is 18.9 Å². The van der Waals surface area contributed by atoms with E-state index in [1.165, 1.54) is 12.1 Å². The van der Waals surface area contributed by atoms with Crippen molar-refractivity contribution in [1.82, 2.24) is 0 Å². The summed E-state index contributed by atoms with van der Waals surface area (Å²) in [6.45, 7) is 1.77. The lowest BCUT2D eigenvalue weighted by molar-refractivity contribution is -0.206. The van der Waals surface area contributed by atoms with Crippen molar-refractivity contribution in [3.05, 3.63) is 35.1 Å². The number of aliphatic hydroxyl groups is 1. The fourth-order valence-electron chi connectivity index (χ4n) is 3.26. The lowest BCUT2D eigenvalue weighted by Gasteiger charge is -2.36. The van der Waals surface area contributed by atoms with E-state index in [0.717, 1.165) is 5.56 Å². The Kier molecular flexibility index (Phi) is 4.91. The zero-order chi connectivity index (χ0) is 15.6. The highest BCUT2D eigenvalue weighted by Crippen LogP contribution is 2.43. The van der Waals surface area contributed by atoms with Crippen LogP contribution in [0.3, 0.4) is 0 Å². The van der Waals surface area contributed by atoms with Crippen LogP contribution in [0.1, 0.15) is 36.8 Å². The van der Waals surface area contributed by atoms with Gasteiger partial charge in [0, 0.05) is 0 Å². The predicted molar refractivity (Wildman–Crippen MR) is 72.4 cm³/mol. The molecule has 21 heavy (non-hydrogen) atoms. The van der Waals surface area contributed by atoms with Crippen LogP contribution in [-0.4, -0.2) is 17.4 Å². The van der Waals surface area contributed by atoms with Crippen molar-refractivity contribution in [3.8, 4) is 0 Å². The molecule has 1 saturated carbocycles. The molecule has 1 aliphatic carbocycles. The van der Waals surface area contributed by atoms with Crippen molar-refractivity contribution in [2.24, 2.45) is 11.8 Å². The Balaban J connectivity index is 2.14. The van der Waals surface area contributed by atoms with Crippen LogP contribution in [-0.2, 0) is 6.42 Å². The quantitative estimate of drug-likeness (QED) is 0.820. The Hall–Kier alpha value is -1.10. The zero-order valence-electron chi connectivity index (χ0n) is 12.0. The van der Waals surface area contributed by atoms with Gasteiger partial charge in [0.05, 0.1) is 12.0 Å². The molecule has 1 aliphatic rings. The van der Waals surface area contributed by atoms with E-state index >= 15 is 0 Å². The van der Waals surface area contributed by atoms with Gasteiger partial charge in [-0.25, -0.2) is 4.39 Å². The largest absolute Gasteiger partial charge is 0.392 e. The van der Waals surface area contributed by atoms with Crippen LogP contribution in [0.2, 0.25) is 0 Å². The molecule has 3 atom stereocenters. The van der Waals surface area contributed by atoms with Crippen LogP contribution in [0, 0.1) is 24.6 Å². The number of benzene rings is 1. The Morgan fingerprint density at radius 3 is 2.57 bits per heavy atom. The summed E-state index contributed by atoms with van der Waals surface area (Å²) in [5.74, 6) is -2.67. The van der Waals surface area contributed by atoms with E-state index in [4.69, 9.17) is 0 Å². The molecule has 0 spiro atoms. The van der Waals surface area contributed by atoms with Gasteiger partial charge in [0.15, 0.2) is 0 Å². The Morgan fingerprint density at radius 2 is 1.90 bits per heavy atom. The van der Waals surface area contributed by atoms with Crippen molar-refractivity contribution in [1.29, 1.82) is 0 Å². The number of alkyl halides is 3. The molecule has 118 valence electrons. The minimum absolute atomic E-state index is 0.0703. The molecule has 1 fully saturated rings. The summed E-state index contributed by atoms with van der Waals surface area (Å²) in [6.07, 6.45) is -3.59. The molecule has 0 heterocycles. The number of hydrogen-bond acceptors (Lipinski definition) is 1. The normalized spacial score (nSPS) is 24.9. The number of rotatable bonds is 3. The first-order chi connectivity index (χ1) is 9.79. The lowest BCUT2D eigenvalue weighted by Crippen LogP contribution is -2.40. The zero-order valence-corrected chi connectivity index (χ0v) is 12.0. The third kappa shape index (κ3) is 3.96. The summed E-state index contributed by atoms with van der Waals surface area (Å²) in [5, 5.41) is 10.3. The summed E-state index contributed by atoms with van der Waals surface area (Å²) in [6, 6.07) is 4.19. The molecule has 3 unspecified atom stereocenters. The van der Waals surface area contributed by atoms with Crippen LogP contribution in [0.15, 0.2) is 18.2 Å². The molecular weight excluding hydrogens is 284 g/mol. The van der Waals surface area contributed by atoms with E-state index in [1.54, 1.807) is 13.0 Å². The Bertz CT molecular complexity index is 484. The molecule has 0 saturated heterocycles. The SMILES string of the molecule is Cc1ccc(F)cc1CC(O)C1CCCCC1C(F)(F)F. The van der Waals surface area contributed by atoms with E-state index < -0.39 is 29.9 Å². The molecular formula is C16H20F4O. The second kappa shape index (κ2) is 6.34. The van der Waals surface area contributed by atoms with Gasteiger partial charge in [-0.3, -0.25) is 0 Å². The smallest absolute Gasteiger partial charge is 0.392 e. The Morgan fingerprint density at radius 1 is 1.24 bits per heavy atom. The third-order valence-electron chi connectivity index (χ3n) is 4.47. The molecule has 0 bridgehead atoms. The van der Waals surface area contributed by atoms with Gasteiger partial charge >= 0.3 is 6.18 Å². The van der Waals surface area contributed by atoms with E-state index in [0.29, 0.717) is 24.8 Å². The van der Waals surface area contributed by atoms with Crippen molar-refractivity contribution < 1.29 is 22.7 Å². The number of halogens is 4. The average molecular weight is 304 g/mol. The van der Waals surface area contributed by atoms with Gasteiger partial charge in [0.1, 0.15) is 5.82 Å². The maximum Gasteiger partial charge on any atom is 0.392 e. The predicted octanol–water partition coefficient (Wildman–Crippen LogP) is 4.41. The van der Waals surface area contributed by atoms with Gasteiger partial charge < -0.3 is 5.11 Å². The summed E-state index contributed by atoms with van der Waals surface area (Å²) in [7, 11) is 0. The van der Waals surface area contributed by atoms with Crippen molar-refractivity contribution in [2.75, 3.05) is 0 Å². The first kappa shape index (κ1) is 16.3. The van der Waals surface area contributed by atoms with Crippen LogP contribution >= 0.6 is 0 Å². The highest BCUT2D eigenvalue weighted by atomic mass is 19.4. The maximum absolute atomic E-state index is 13.2. The first-order valence-electron chi connectivity index (χ1n) is 7.29. The van der Waals surface area contributed by atoms with Gasteiger partial charge in [-0.05, 0) is 55.4 Å². The molecule has 5 heteroatoms. The molecule has 2 rings (SSSR count). The second-order valence-electron chi connectivity index (χ2n) is 5.94. The van der Waals surface area contributed by atoms with Crippen molar-refractivity contribution in [3.63, 3.8) is 0 Å². The summed E-state index contributed by atoms with van der Waals surface area (Å²) < 4.78 is 52.4. The van der Waals surface area contributed by atoms with E-state index in [9.17, 15) is 22.7 Å². The second-order valence-corrected chi connectivity index (χ2v) is 5.94. The van der Waals surface area contributed by atoms with Crippen LogP contribution in [0.4, 0.5) is 17.6 Å². The summed E-state index contributed by atoms with van der Waals surface area (Å²) in [5.41, 5.74) is 1.36. The topological polar surface area (TPSA) is 20.2 Å². The van der Waals surface area contributed by atoms with E-state index in [2.05, 4.69) is 0 Å². The van der Waals surface area contributed by atoms with Crippen LogP contribution in [0.5, 0.6) is 0 Å². The fourth-order valence-corrected chi connectivity index (χ4v) is 3.26. The molecule has 0 amide bonds. The highest BCUT2D eigenvalue weighted by Gasteiger charge is 2.47. The fraction of sp³-hybridized carbons (Fsp3) is 0.625.